The van der Waals surface area contributed by atoms with Crippen LogP contribution in [0.15, 0.2) is 207 Å². The highest BCUT2D eigenvalue weighted by Crippen LogP contribution is 2.41. The molecule has 0 bridgehead atoms. The van der Waals surface area contributed by atoms with Crippen LogP contribution in [0.4, 0.5) is 0 Å². The largest absolute Gasteiger partial charge is 0.309 e. The van der Waals surface area contributed by atoms with Crippen LogP contribution in [0.2, 0.25) is 0 Å². The third kappa shape index (κ3) is 4.77. The number of aromatic nitrogens is 4. The van der Waals surface area contributed by atoms with Crippen LogP contribution >= 0.6 is 0 Å². The Balaban J connectivity index is 1.03. The summed E-state index contributed by atoms with van der Waals surface area (Å²) < 4.78 is 7.21. The van der Waals surface area contributed by atoms with Gasteiger partial charge in [0.2, 0.25) is 0 Å². The van der Waals surface area contributed by atoms with Gasteiger partial charge in [-0.05, 0) is 89.5 Å². The number of fused-ring (bicyclic) bond motifs is 9. The van der Waals surface area contributed by atoms with E-state index in [-0.39, 0.29) is 0 Å². The van der Waals surface area contributed by atoms with Crippen LogP contribution in [0.5, 0.6) is 0 Å². The lowest BCUT2D eigenvalue weighted by atomic mass is 10.0. The molecule has 0 saturated carbocycles. The van der Waals surface area contributed by atoms with Crippen molar-refractivity contribution in [3.8, 4) is 39.3 Å². The van der Waals surface area contributed by atoms with Gasteiger partial charge in [-0.2, -0.15) is 0 Å². The van der Waals surface area contributed by atoms with Crippen molar-refractivity contribution in [2.24, 2.45) is 0 Å². The molecule has 0 aliphatic carbocycles. The average Bonchev–Trinajstić information content (AvgIpc) is 3.92. The number of nitrogens with zero attached hydrogens (tertiary/aromatic N) is 4. The highest BCUT2D eigenvalue weighted by Gasteiger charge is 2.19. The molecule has 0 atom stereocenters. The number of hydrogen-bond acceptors (Lipinski definition) is 1. The fourth-order valence-corrected chi connectivity index (χ4v) is 9.22. The predicted molar refractivity (Wildman–Crippen MR) is 238 cm³/mol. The van der Waals surface area contributed by atoms with Gasteiger partial charge in [-0.15, -0.1) is 0 Å². The van der Waals surface area contributed by atoms with Crippen LogP contribution in [-0.4, -0.2) is 18.7 Å². The first-order valence-electron chi connectivity index (χ1n) is 19.5. The fraction of sp³-hybridized carbons (Fsp3) is 0. The van der Waals surface area contributed by atoms with Gasteiger partial charge < -0.3 is 13.7 Å². The maximum atomic E-state index is 4.59. The summed E-state index contributed by atoms with van der Waals surface area (Å²) in [6.07, 6.45) is 3.89. The molecule has 0 amide bonds. The number of benzene rings is 8. The van der Waals surface area contributed by atoms with E-state index in [0.717, 1.165) is 39.0 Å². The number of rotatable bonds is 5. The first kappa shape index (κ1) is 31.6. The Bertz CT molecular complexity index is 3460. The van der Waals surface area contributed by atoms with Crippen molar-refractivity contribution in [1.82, 2.24) is 18.7 Å². The number of hydrogen-bond donors (Lipinski definition) is 0. The molecule has 0 saturated heterocycles. The summed E-state index contributed by atoms with van der Waals surface area (Å²) in [6, 6.07) is 70.4. The van der Waals surface area contributed by atoms with E-state index >= 15 is 0 Å². The monoisotopic (exact) mass is 726 g/mol. The molecule has 12 rings (SSSR count). The minimum atomic E-state index is 1.12. The van der Waals surface area contributed by atoms with Gasteiger partial charge >= 0.3 is 0 Å². The second-order valence-corrected chi connectivity index (χ2v) is 14.8. The van der Waals surface area contributed by atoms with E-state index in [4.69, 9.17) is 0 Å². The normalized spacial score (nSPS) is 11.9. The summed E-state index contributed by atoms with van der Waals surface area (Å²) >= 11 is 0. The van der Waals surface area contributed by atoms with Crippen LogP contribution < -0.4 is 0 Å². The zero-order chi connectivity index (χ0) is 37.5. The lowest BCUT2D eigenvalue weighted by Gasteiger charge is -2.15. The summed E-state index contributed by atoms with van der Waals surface area (Å²) in [4.78, 5) is 4.59. The van der Waals surface area contributed by atoms with Gasteiger partial charge in [0.15, 0.2) is 0 Å². The van der Waals surface area contributed by atoms with Gasteiger partial charge in [-0.3, -0.25) is 4.98 Å². The Morgan fingerprint density at radius 3 is 1.54 bits per heavy atom. The van der Waals surface area contributed by atoms with Gasteiger partial charge in [0, 0.05) is 61.6 Å². The molecular formula is C53H34N4. The lowest BCUT2D eigenvalue weighted by Crippen LogP contribution is -1.98. The molecule has 12 aromatic rings. The molecule has 4 heteroatoms. The third-order valence-electron chi connectivity index (χ3n) is 11.7. The quantitative estimate of drug-likeness (QED) is 0.174. The van der Waals surface area contributed by atoms with E-state index in [2.05, 4.69) is 213 Å². The molecule has 0 fully saturated rings. The molecule has 0 unspecified atom stereocenters. The van der Waals surface area contributed by atoms with E-state index in [1.807, 2.05) is 12.4 Å². The third-order valence-corrected chi connectivity index (χ3v) is 11.7. The molecule has 4 aromatic heterocycles. The van der Waals surface area contributed by atoms with E-state index in [1.165, 1.54) is 65.7 Å². The van der Waals surface area contributed by atoms with Crippen molar-refractivity contribution < 1.29 is 0 Å². The fourth-order valence-electron chi connectivity index (χ4n) is 9.22. The first-order valence-corrected chi connectivity index (χ1v) is 19.5. The van der Waals surface area contributed by atoms with Gasteiger partial charge in [0.1, 0.15) is 0 Å². The smallest absolute Gasteiger partial charge is 0.0571 e. The zero-order valence-corrected chi connectivity index (χ0v) is 30.9. The van der Waals surface area contributed by atoms with Crippen molar-refractivity contribution in [2.45, 2.75) is 0 Å². The summed E-state index contributed by atoms with van der Waals surface area (Å²) in [5, 5.41) is 7.29. The molecule has 0 spiro atoms. The summed E-state index contributed by atoms with van der Waals surface area (Å²) in [5.74, 6) is 0. The Kier molecular flexibility index (Phi) is 6.89. The van der Waals surface area contributed by atoms with Crippen LogP contribution in [0, 0.1) is 0 Å². The second-order valence-electron chi connectivity index (χ2n) is 14.8. The van der Waals surface area contributed by atoms with Crippen molar-refractivity contribution in [1.29, 1.82) is 0 Å². The summed E-state index contributed by atoms with van der Waals surface area (Å²) in [6.45, 7) is 0. The number of pyridine rings is 1. The van der Waals surface area contributed by atoms with Crippen LogP contribution in [0.3, 0.4) is 0 Å². The molecule has 0 N–H and O–H groups in total. The maximum Gasteiger partial charge on any atom is 0.0571 e. The molecule has 8 aromatic carbocycles. The molecule has 266 valence electrons. The van der Waals surface area contributed by atoms with Gasteiger partial charge in [-0.25, -0.2) is 0 Å². The summed E-state index contributed by atoms with van der Waals surface area (Å²) in [5.41, 5.74) is 15.2. The standard InChI is InChI=1S/C53H34N4/c1-2-12-35(13-3-1)36-22-25-38(26-23-36)55-51-28-24-37(32-44(51)46-34-54-31-30-53(46)55)40-14-4-8-18-47(40)57-50-21-11-7-17-43(50)45-33-39(27-29-52(45)57)56-48-19-9-5-15-41(48)42-16-6-10-20-49(42)56/h1-34H. The van der Waals surface area contributed by atoms with Crippen LogP contribution in [0.1, 0.15) is 0 Å². The zero-order valence-electron chi connectivity index (χ0n) is 30.9. The lowest BCUT2D eigenvalue weighted by molar-refractivity contribution is 1.17. The predicted octanol–water partition coefficient (Wildman–Crippen LogP) is 13.7. The van der Waals surface area contributed by atoms with E-state index in [9.17, 15) is 0 Å². The van der Waals surface area contributed by atoms with Gasteiger partial charge in [-0.1, -0.05) is 121 Å². The first-order chi connectivity index (χ1) is 28.3. The van der Waals surface area contributed by atoms with Crippen molar-refractivity contribution in [3.05, 3.63) is 207 Å². The minimum absolute atomic E-state index is 1.12. The average molecular weight is 727 g/mol. The van der Waals surface area contributed by atoms with E-state index in [0.29, 0.717) is 0 Å². The minimum Gasteiger partial charge on any atom is -0.309 e. The van der Waals surface area contributed by atoms with E-state index < -0.39 is 0 Å². The number of para-hydroxylation sites is 4. The molecular weight excluding hydrogens is 693 g/mol. The van der Waals surface area contributed by atoms with Crippen molar-refractivity contribution in [2.75, 3.05) is 0 Å². The second kappa shape index (κ2) is 12.4. The van der Waals surface area contributed by atoms with Crippen molar-refractivity contribution >= 4 is 65.4 Å². The molecule has 57 heavy (non-hydrogen) atoms. The molecule has 4 heterocycles. The summed E-state index contributed by atoms with van der Waals surface area (Å²) in [7, 11) is 0. The van der Waals surface area contributed by atoms with Crippen LogP contribution in [-0.2, 0) is 0 Å². The Morgan fingerprint density at radius 1 is 0.298 bits per heavy atom. The molecule has 0 radical (unpaired) electrons. The Morgan fingerprint density at radius 2 is 0.789 bits per heavy atom. The Hall–Kier alpha value is -7.69. The Labute approximate surface area is 328 Å². The molecule has 0 aliphatic rings. The highest BCUT2D eigenvalue weighted by molar-refractivity contribution is 6.13. The van der Waals surface area contributed by atoms with E-state index in [1.54, 1.807) is 0 Å². The highest BCUT2D eigenvalue weighted by atomic mass is 15.0. The van der Waals surface area contributed by atoms with Gasteiger partial charge in [0.05, 0.1) is 38.8 Å². The molecule has 0 aliphatic heterocycles. The topological polar surface area (TPSA) is 27.7 Å². The van der Waals surface area contributed by atoms with Gasteiger partial charge in [0.25, 0.3) is 0 Å². The maximum absolute atomic E-state index is 4.59. The molecule has 4 nitrogen and oxygen atoms in total. The van der Waals surface area contributed by atoms with Crippen LogP contribution in [0.25, 0.3) is 105 Å². The van der Waals surface area contributed by atoms with Crippen molar-refractivity contribution in [3.63, 3.8) is 0 Å². The SMILES string of the molecule is c1ccc(-c2ccc(-n3c4ccncc4c4cc(-c5ccccc5-n5c6ccccc6c6cc(-n7c8ccccc8c8ccccc87)ccc65)ccc43)cc2)cc1.